The number of carbonyl (C=O) groups excluding carboxylic acids is 1. The molecule has 2 bridgehead atoms. The zero-order valence-electron chi connectivity index (χ0n) is 15.5. The first-order valence-corrected chi connectivity index (χ1v) is 10.0. The van der Waals surface area contributed by atoms with Gasteiger partial charge < -0.3 is 9.80 Å². The molecule has 0 N–H and O–H groups in total. The molecule has 148 valence electrons. The van der Waals surface area contributed by atoms with Crippen molar-refractivity contribution in [3.8, 4) is 0 Å². The summed E-state index contributed by atoms with van der Waals surface area (Å²) in [6, 6.07) is 0. The van der Waals surface area contributed by atoms with Crippen LogP contribution >= 0.6 is 11.3 Å². The molecule has 0 radical (unpaired) electrons. The van der Waals surface area contributed by atoms with E-state index in [0.29, 0.717) is 43.4 Å². The molecular weight excluding hydrogens is 377 g/mol. The monoisotopic (exact) mass is 400 g/mol. The molecule has 5 nitrogen and oxygen atoms in total. The Bertz CT molecular complexity index is 782. The summed E-state index contributed by atoms with van der Waals surface area (Å²) in [5, 5.41) is 6.25. The van der Waals surface area contributed by atoms with Crippen molar-refractivity contribution in [3.05, 3.63) is 17.2 Å². The minimum atomic E-state index is -4.47. The maximum absolute atomic E-state index is 13.3. The van der Waals surface area contributed by atoms with Gasteiger partial charge in [-0.05, 0) is 30.6 Å². The van der Waals surface area contributed by atoms with E-state index in [2.05, 4.69) is 30.6 Å². The van der Waals surface area contributed by atoms with Crippen LogP contribution < -0.4 is 4.90 Å². The molecule has 2 heterocycles. The smallest absolute Gasteiger partial charge is 0.343 e. The minimum Gasteiger partial charge on any atom is -0.343 e. The second kappa shape index (κ2) is 5.93. The number of anilines is 1. The molecule has 0 aromatic carbocycles. The van der Waals surface area contributed by atoms with Crippen molar-refractivity contribution >= 4 is 22.4 Å². The molecule has 0 spiro atoms. The molecule has 1 aromatic rings. The predicted octanol–water partition coefficient (Wildman–Crippen LogP) is 3.59. The number of hydrogen-bond acceptors (Lipinski definition) is 5. The van der Waals surface area contributed by atoms with Gasteiger partial charge in [0.2, 0.25) is 16.0 Å². The molecule has 4 rings (SSSR count). The van der Waals surface area contributed by atoms with Gasteiger partial charge in [0.05, 0.1) is 5.41 Å². The van der Waals surface area contributed by atoms with Gasteiger partial charge in [-0.1, -0.05) is 37.3 Å². The summed E-state index contributed by atoms with van der Waals surface area (Å²) in [5.41, 5.74) is 0.608. The molecule has 1 amide bonds. The standard InChI is InChI=1S/C18H23F3N4OS/c1-11-16(2,3)12-4-5-17(11,10-12)14(26)24-6-8-25(9-7-24)15-23-22-13(27-15)18(19,20)21/h12H,1,4-10H2,2-3H3/t12-,17+/m0/s1. The number of nitrogens with zero attached hydrogens (tertiary/aromatic N) is 4. The van der Waals surface area contributed by atoms with Crippen molar-refractivity contribution in [2.24, 2.45) is 16.7 Å². The Kier molecular flexibility index (Phi) is 4.11. The number of rotatable bonds is 2. The number of halogens is 3. The molecule has 27 heavy (non-hydrogen) atoms. The summed E-state index contributed by atoms with van der Waals surface area (Å²) in [6.45, 7) is 10.5. The van der Waals surface area contributed by atoms with Crippen LogP contribution in [0.4, 0.5) is 18.3 Å². The average molecular weight is 400 g/mol. The highest BCUT2D eigenvalue weighted by Gasteiger charge is 2.61. The summed E-state index contributed by atoms with van der Waals surface area (Å²) in [5.74, 6) is 0.658. The highest BCUT2D eigenvalue weighted by Crippen LogP contribution is 2.65. The lowest BCUT2D eigenvalue weighted by Crippen LogP contribution is -2.53. The Labute approximate surface area is 160 Å². The zero-order valence-corrected chi connectivity index (χ0v) is 16.3. The summed E-state index contributed by atoms with van der Waals surface area (Å²) in [4.78, 5) is 17.0. The third-order valence-electron chi connectivity index (χ3n) is 6.79. The summed E-state index contributed by atoms with van der Waals surface area (Å²) >= 11 is 0.553. The predicted molar refractivity (Wildman–Crippen MR) is 96.4 cm³/mol. The SMILES string of the molecule is C=C1C(C)(C)[C@H]2CC[C@@]1(C(=O)N1CCN(c3nnc(C(F)(F)F)s3)CC1)C2. The van der Waals surface area contributed by atoms with Gasteiger partial charge in [-0.3, -0.25) is 4.79 Å². The first kappa shape index (κ1) is 18.7. The largest absolute Gasteiger partial charge is 0.445 e. The highest BCUT2D eigenvalue weighted by molar-refractivity contribution is 7.15. The van der Waals surface area contributed by atoms with Crippen LogP contribution in [0.3, 0.4) is 0 Å². The average Bonchev–Trinajstić information content (AvgIpc) is 3.31. The molecule has 2 aliphatic carbocycles. The van der Waals surface area contributed by atoms with E-state index in [1.807, 2.05) is 4.90 Å². The van der Waals surface area contributed by atoms with E-state index in [4.69, 9.17) is 0 Å². The lowest BCUT2D eigenvalue weighted by molar-refractivity contribution is -0.140. The molecule has 3 aliphatic rings. The van der Waals surface area contributed by atoms with E-state index in [0.717, 1.165) is 24.8 Å². The third-order valence-corrected chi connectivity index (χ3v) is 7.82. The van der Waals surface area contributed by atoms with Crippen LogP contribution in [0.25, 0.3) is 0 Å². The van der Waals surface area contributed by atoms with Crippen LogP contribution in [-0.4, -0.2) is 47.2 Å². The van der Waals surface area contributed by atoms with Gasteiger partial charge in [0.1, 0.15) is 0 Å². The Morgan fingerprint density at radius 3 is 2.41 bits per heavy atom. The van der Waals surface area contributed by atoms with E-state index in [1.165, 1.54) is 0 Å². The normalized spacial score (nSPS) is 30.3. The van der Waals surface area contributed by atoms with Gasteiger partial charge in [-0.25, -0.2) is 0 Å². The van der Waals surface area contributed by atoms with Gasteiger partial charge >= 0.3 is 6.18 Å². The lowest BCUT2D eigenvalue weighted by Gasteiger charge is -2.42. The third kappa shape index (κ3) is 2.77. The molecule has 1 aromatic heterocycles. The van der Waals surface area contributed by atoms with Crippen LogP contribution in [-0.2, 0) is 11.0 Å². The molecule has 0 unspecified atom stereocenters. The van der Waals surface area contributed by atoms with Gasteiger partial charge in [0.15, 0.2) is 0 Å². The van der Waals surface area contributed by atoms with Crippen molar-refractivity contribution in [2.45, 2.75) is 39.3 Å². The van der Waals surface area contributed by atoms with Crippen LogP contribution in [0.1, 0.15) is 38.1 Å². The second-order valence-electron chi connectivity index (χ2n) is 8.39. The maximum atomic E-state index is 13.3. The molecule has 1 aliphatic heterocycles. The van der Waals surface area contributed by atoms with Gasteiger partial charge in [-0.2, -0.15) is 13.2 Å². The molecule has 1 saturated heterocycles. The molecule has 3 fully saturated rings. The maximum Gasteiger partial charge on any atom is 0.445 e. The van der Waals surface area contributed by atoms with Crippen molar-refractivity contribution in [2.75, 3.05) is 31.1 Å². The number of fused-ring (bicyclic) bond motifs is 2. The lowest BCUT2D eigenvalue weighted by atomic mass is 9.68. The van der Waals surface area contributed by atoms with Crippen LogP contribution in [0, 0.1) is 16.7 Å². The summed E-state index contributed by atoms with van der Waals surface area (Å²) < 4.78 is 38.2. The van der Waals surface area contributed by atoms with E-state index in [1.54, 1.807) is 4.90 Å². The molecular formula is C18H23F3N4OS. The van der Waals surface area contributed by atoms with E-state index in [-0.39, 0.29) is 16.5 Å². The number of amides is 1. The minimum absolute atomic E-state index is 0.00368. The number of aromatic nitrogens is 2. The van der Waals surface area contributed by atoms with E-state index in [9.17, 15) is 18.0 Å². The van der Waals surface area contributed by atoms with Crippen molar-refractivity contribution in [3.63, 3.8) is 0 Å². The van der Waals surface area contributed by atoms with Crippen molar-refractivity contribution in [1.82, 2.24) is 15.1 Å². The fourth-order valence-electron chi connectivity index (χ4n) is 4.98. The van der Waals surface area contributed by atoms with E-state index < -0.39 is 16.6 Å². The number of carbonyl (C=O) groups is 1. The van der Waals surface area contributed by atoms with Gasteiger partial charge in [0.25, 0.3) is 0 Å². The zero-order chi connectivity index (χ0) is 19.6. The number of piperazine rings is 1. The van der Waals surface area contributed by atoms with Crippen LogP contribution in [0.15, 0.2) is 12.2 Å². The Morgan fingerprint density at radius 2 is 1.89 bits per heavy atom. The Balaban J connectivity index is 1.43. The summed E-state index contributed by atoms with van der Waals surface area (Å²) in [6.07, 6.45) is -1.67. The topological polar surface area (TPSA) is 49.3 Å². The van der Waals surface area contributed by atoms with Crippen molar-refractivity contribution in [1.29, 1.82) is 0 Å². The fourth-order valence-corrected chi connectivity index (χ4v) is 5.75. The van der Waals surface area contributed by atoms with Crippen LogP contribution in [0.2, 0.25) is 0 Å². The Hall–Kier alpha value is -1.64. The fraction of sp³-hybridized carbons (Fsp3) is 0.722. The van der Waals surface area contributed by atoms with Gasteiger partial charge in [0, 0.05) is 26.2 Å². The molecule has 2 atom stereocenters. The molecule has 9 heteroatoms. The molecule has 2 saturated carbocycles. The number of hydrogen-bond donors (Lipinski definition) is 0. The number of alkyl halides is 3. The van der Waals surface area contributed by atoms with Crippen LogP contribution in [0.5, 0.6) is 0 Å². The Morgan fingerprint density at radius 1 is 1.22 bits per heavy atom. The first-order chi connectivity index (χ1) is 12.6. The van der Waals surface area contributed by atoms with Gasteiger partial charge in [-0.15, -0.1) is 10.2 Å². The second-order valence-corrected chi connectivity index (χ2v) is 9.34. The quantitative estimate of drug-likeness (QED) is 0.712. The first-order valence-electron chi connectivity index (χ1n) is 9.20. The highest BCUT2D eigenvalue weighted by atomic mass is 32.1. The van der Waals surface area contributed by atoms with E-state index >= 15 is 0 Å². The van der Waals surface area contributed by atoms with Crippen molar-refractivity contribution < 1.29 is 18.0 Å². The summed E-state index contributed by atoms with van der Waals surface area (Å²) in [7, 11) is 0.